The Morgan fingerprint density at radius 2 is 0.733 bits per heavy atom. The van der Waals surface area contributed by atoms with E-state index in [0.29, 0.717) is 24.0 Å². The number of hydrogen-bond acceptors (Lipinski definition) is 4. The first-order valence-electron chi connectivity index (χ1n) is 17.2. The van der Waals surface area contributed by atoms with Crippen LogP contribution in [0.3, 0.4) is 0 Å². The van der Waals surface area contributed by atoms with Crippen LogP contribution in [0.2, 0.25) is 0 Å². The van der Waals surface area contributed by atoms with Gasteiger partial charge in [-0.3, -0.25) is 0 Å². The van der Waals surface area contributed by atoms with E-state index in [1.807, 2.05) is 0 Å². The predicted molar refractivity (Wildman–Crippen MR) is 192 cm³/mol. The third-order valence-electron chi connectivity index (χ3n) is 12.2. The topological polar surface area (TPSA) is 80.9 Å². The lowest BCUT2D eigenvalue weighted by Crippen LogP contribution is -2.60. The summed E-state index contributed by atoms with van der Waals surface area (Å²) in [5.41, 5.74) is -1.46. The highest BCUT2D eigenvalue weighted by atomic mass is 16.3. The third kappa shape index (κ3) is 6.25. The van der Waals surface area contributed by atoms with Gasteiger partial charge in [0.15, 0.2) is 0 Å². The van der Waals surface area contributed by atoms with Crippen LogP contribution in [0.15, 0.2) is 46.6 Å². The first-order valence-corrected chi connectivity index (χ1v) is 17.2. The van der Waals surface area contributed by atoms with E-state index in [2.05, 4.69) is 149 Å². The highest BCUT2D eigenvalue weighted by molar-refractivity contribution is 5.57. The van der Waals surface area contributed by atoms with Crippen molar-refractivity contribution in [3.8, 4) is 0 Å². The molecule has 4 nitrogen and oxygen atoms in total. The summed E-state index contributed by atoms with van der Waals surface area (Å²) >= 11 is 0. The number of aliphatic hydroxyl groups is 4. The highest BCUT2D eigenvalue weighted by Gasteiger charge is 2.61. The van der Waals surface area contributed by atoms with E-state index in [1.165, 1.54) is 0 Å². The molecule has 4 N–H and O–H groups in total. The molecule has 2 aliphatic rings. The van der Waals surface area contributed by atoms with E-state index in [1.54, 1.807) is 0 Å². The average molecular weight is 629 g/mol. The Hall–Kier alpha value is -1.20. The van der Waals surface area contributed by atoms with Gasteiger partial charge in [0.05, 0.1) is 25.2 Å². The van der Waals surface area contributed by atoms with Crippen molar-refractivity contribution in [3.63, 3.8) is 0 Å². The molecular formula is C41H72O4. The van der Waals surface area contributed by atoms with Crippen LogP contribution in [0.1, 0.15) is 137 Å². The van der Waals surface area contributed by atoms with E-state index >= 15 is 0 Å². The lowest BCUT2D eigenvalue weighted by Gasteiger charge is -2.59. The van der Waals surface area contributed by atoms with Gasteiger partial charge in [-0.2, -0.15) is 0 Å². The van der Waals surface area contributed by atoms with Crippen molar-refractivity contribution in [1.82, 2.24) is 0 Å². The van der Waals surface area contributed by atoms with Crippen molar-refractivity contribution in [2.24, 2.45) is 48.7 Å². The van der Waals surface area contributed by atoms with Gasteiger partial charge in [0.25, 0.3) is 0 Å². The maximum absolute atomic E-state index is 13.7. The molecule has 0 amide bonds. The number of aliphatic hydroxyl groups excluding tert-OH is 3. The molecular weight excluding hydrogens is 556 g/mol. The summed E-state index contributed by atoms with van der Waals surface area (Å²) in [7, 11) is 0. The SMILES string of the molecule is CC(C)(C)C1=C(C(O)(C2=C(C(C)(C)C)CC(C(C)(C)C)(C(C)(C)C)C=C2)C(CO)(CO)CO)C=CC(C(C)(C)C)(C(C)(C)C)C1. The Kier molecular flexibility index (Phi) is 10.4. The van der Waals surface area contributed by atoms with Crippen LogP contribution in [-0.4, -0.2) is 45.8 Å². The van der Waals surface area contributed by atoms with Crippen molar-refractivity contribution < 1.29 is 20.4 Å². The van der Waals surface area contributed by atoms with Crippen LogP contribution in [0.5, 0.6) is 0 Å². The molecule has 0 aliphatic heterocycles. The van der Waals surface area contributed by atoms with E-state index in [9.17, 15) is 20.4 Å². The predicted octanol–water partition coefficient (Wildman–Crippen LogP) is 9.44. The molecule has 0 aromatic heterocycles. The van der Waals surface area contributed by atoms with Crippen LogP contribution < -0.4 is 0 Å². The lowest BCUT2D eigenvalue weighted by atomic mass is 9.46. The van der Waals surface area contributed by atoms with Gasteiger partial charge in [-0.15, -0.1) is 0 Å². The molecule has 0 unspecified atom stereocenters. The first-order chi connectivity index (χ1) is 19.8. The minimum Gasteiger partial charge on any atom is -0.395 e. The van der Waals surface area contributed by atoms with Crippen molar-refractivity contribution in [2.45, 2.75) is 143 Å². The molecule has 2 rings (SSSR count). The highest BCUT2D eigenvalue weighted by Crippen LogP contribution is 2.65. The zero-order valence-electron chi connectivity index (χ0n) is 32.6. The zero-order chi connectivity index (χ0) is 35.7. The molecule has 260 valence electrons. The second-order valence-corrected chi connectivity index (χ2v) is 20.7. The summed E-state index contributed by atoms with van der Waals surface area (Å²) in [4.78, 5) is 0. The molecule has 4 heteroatoms. The standard InChI is InChI=1S/C41H72O4/c1-32(2,3)30-23-39(34(7,8)9,35(10,11)12)21-19-28(30)41(45,38(25-42,26-43)27-44)29-20-22-40(36(13,14)15,37(16,17)18)24-31(29)33(4,5)6/h19-22,42-45H,23-27H2,1-18H3. The Morgan fingerprint density at radius 3 is 0.911 bits per heavy atom. The van der Waals surface area contributed by atoms with Gasteiger partial charge in [-0.05, 0) is 56.5 Å². The van der Waals surface area contributed by atoms with Gasteiger partial charge in [0, 0.05) is 10.8 Å². The Bertz CT molecular complexity index is 1090. The zero-order valence-corrected chi connectivity index (χ0v) is 32.6. The number of hydrogen-bond donors (Lipinski definition) is 4. The fourth-order valence-electron chi connectivity index (χ4n) is 9.05. The van der Waals surface area contributed by atoms with Crippen LogP contribution >= 0.6 is 0 Å². The molecule has 0 heterocycles. The minimum atomic E-state index is -1.87. The van der Waals surface area contributed by atoms with Gasteiger partial charge in [0.2, 0.25) is 0 Å². The van der Waals surface area contributed by atoms with Gasteiger partial charge >= 0.3 is 0 Å². The summed E-state index contributed by atoms with van der Waals surface area (Å²) in [5, 5.41) is 47.0. The molecule has 0 saturated carbocycles. The molecule has 0 atom stereocenters. The second kappa shape index (κ2) is 11.7. The Labute approximate surface area is 278 Å². The quantitative estimate of drug-likeness (QED) is 0.236. The fourth-order valence-corrected chi connectivity index (χ4v) is 9.05. The number of rotatable bonds is 6. The van der Waals surface area contributed by atoms with Crippen molar-refractivity contribution in [1.29, 1.82) is 0 Å². The van der Waals surface area contributed by atoms with Crippen molar-refractivity contribution >= 4 is 0 Å². The lowest BCUT2D eigenvalue weighted by molar-refractivity contribution is -0.114. The smallest absolute Gasteiger partial charge is 0.127 e. The van der Waals surface area contributed by atoms with Gasteiger partial charge in [-0.25, -0.2) is 0 Å². The molecule has 0 aromatic carbocycles. The minimum absolute atomic E-state index is 0.0937. The van der Waals surface area contributed by atoms with Gasteiger partial charge in [0.1, 0.15) is 5.60 Å². The van der Waals surface area contributed by atoms with Crippen LogP contribution in [-0.2, 0) is 0 Å². The summed E-state index contributed by atoms with van der Waals surface area (Å²) in [6.07, 6.45) is 10.2. The maximum atomic E-state index is 13.7. The Morgan fingerprint density at radius 1 is 0.489 bits per heavy atom. The molecule has 0 aromatic rings. The summed E-state index contributed by atoms with van der Waals surface area (Å²) in [6.45, 7) is 38.9. The molecule has 2 aliphatic carbocycles. The Balaban J connectivity index is 3.28. The monoisotopic (exact) mass is 629 g/mol. The molecule has 0 saturated heterocycles. The van der Waals surface area contributed by atoms with E-state index < -0.39 is 30.8 Å². The van der Waals surface area contributed by atoms with Crippen molar-refractivity contribution in [2.75, 3.05) is 19.8 Å². The number of allylic oxidation sites excluding steroid dienone is 4. The molecule has 45 heavy (non-hydrogen) atoms. The summed E-state index contributed by atoms with van der Waals surface area (Å²) < 4.78 is 0. The molecule has 0 bridgehead atoms. The summed E-state index contributed by atoms with van der Waals surface area (Å²) in [6, 6.07) is 0. The molecule has 0 fully saturated rings. The van der Waals surface area contributed by atoms with E-state index in [0.717, 1.165) is 11.1 Å². The molecule has 0 radical (unpaired) electrons. The average Bonchev–Trinajstić information content (AvgIpc) is 2.85. The first kappa shape index (κ1) is 40.0. The van der Waals surface area contributed by atoms with Crippen LogP contribution in [0, 0.1) is 48.7 Å². The summed E-state index contributed by atoms with van der Waals surface area (Å²) in [5.74, 6) is 0. The maximum Gasteiger partial charge on any atom is 0.127 e. The second-order valence-electron chi connectivity index (χ2n) is 20.7. The third-order valence-corrected chi connectivity index (χ3v) is 12.2. The normalized spacial score (nSPS) is 20.8. The van der Waals surface area contributed by atoms with Crippen LogP contribution in [0.4, 0.5) is 0 Å². The van der Waals surface area contributed by atoms with Gasteiger partial charge < -0.3 is 20.4 Å². The fraction of sp³-hybridized carbons (Fsp3) is 0.805. The molecule has 0 spiro atoms. The largest absolute Gasteiger partial charge is 0.395 e. The van der Waals surface area contributed by atoms with E-state index in [-0.39, 0.29) is 43.3 Å². The van der Waals surface area contributed by atoms with Crippen LogP contribution in [0.25, 0.3) is 0 Å². The van der Waals surface area contributed by atoms with Crippen molar-refractivity contribution in [3.05, 3.63) is 46.6 Å². The van der Waals surface area contributed by atoms with E-state index in [4.69, 9.17) is 0 Å². The van der Waals surface area contributed by atoms with Gasteiger partial charge in [-0.1, -0.05) is 160 Å².